The molecule has 0 aliphatic rings. The van der Waals surface area contributed by atoms with Gasteiger partial charge in [-0.25, -0.2) is 0 Å². The zero-order chi connectivity index (χ0) is 34.7. The van der Waals surface area contributed by atoms with Crippen LogP contribution in [-0.2, 0) is 12.3 Å². The van der Waals surface area contributed by atoms with Crippen molar-refractivity contribution in [3.05, 3.63) is 217 Å². The molecular formula is C44H35F4P2+. The van der Waals surface area contributed by atoms with Gasteiger partial charge in [0.25, 0.3) is 0 Å². The molecule has 0 bridgehead atoms. The fraction of sp³-hybridized carbons (Fsp3) is 0.0455. The molecule has 0 saturated carbocycles. The van der Waals surface area contributed by atoms with E-state index in [-0.39, 0.29) is 11.7 Å². The van der Waals surface area contributed by atoms with Crippen molar-refractivity contribution in [1.82, 2.24) is 0 Å². The molecule has 50 heavy (non-hydrogen) atoms. The molecule has 0 heterocycles. The summed E-state index contributed by atoms with van der Waals surface area (Å²) in [7, 11) is 0. The van der Waals surface area contributed by atoms with Crippen LogP contribution in [0.2, 0.25) is 0 Å². The summed E-state index contributed by atoms with van der Waals surface area (Å²) in [5, 5.41) is 6.37. The Labute approximate surface area is 291 Å². The molecule has 0 radical (unpaired) electrons. The Morgan fingerprint density at radius 3 is 1.04 bits per heavy atom. The van der Waals surface area contributed by atoms with Gasteiger partial charge in [0.2, 0.25) is 0 Å². The Morgan fingerprint density at radius 1 is 0.420 bits per heavy atom. The van der Waals surface area contributed by atoms with Crippen molar-refractivity contribution >= 4 is 45.1 Å². The molecule has 0 fully saturated rings. The molecule has 0 aromatic heterocycles. The molecule has 6 heteroatoms. The predicted octanol–water partition coefficient (Wildman–Crippen LogP) is 9.78. The van der Waals surface area contributed by atoms with Crippen LogP contribution in [0.3, 0.4) is 0 Å². The molecule has 0 aliphatic carbocycles. The van der Waals surface area contributed by atoms with Gasteiger partial charge in [-0.15, -0.1) is 0 Å². The Kier molecular flexibility index (Phi) is 9.04. The van der Waals surface area contributed by atoms with Crippen molar-refractivity contribution in [2.24, 2.45) is 0 Å². The summed E-state index contributed by atoms with van der Waals surface area (Å²) in [4.78, 5) is 0. The number of hydrogen-bond acceptors (Lipinski definition) is 0. The summed E-state index contributed by atoms with van der Waals surface area (Å²) >= 11 is 0. The van der Waals surface area contributed by atoms with E-state index < -0.39 is 30.8 Å². The average Bonchev–Trinajstić information content (AvgIpc) is 3.17. The number of halogens is 4. The van der Waals surface area contributed by atoms with E-state index in [0.717, 1.165) is 37.9 Å². The summed E-state index contributed by atoms with van der Waals surface area (Å²) in [6.07, 6.45) is -8.83. The first kappa shape index (κ1) is 33.6. The van der Waals surface area contributed by atoms with E-state index in [1.165, 1.54) is 6.07 Å². The number of rotatable bonds is 9. The third-order valence-corrected chi connectivity index (χ3v) is 28.1. The quantitative estimate of drug-likeness (QED) is 0.104. The molecule has 0 N–H and O–H groups in total. The molecule has 0 aliphatic heterocycles. The van der Waals surface area contributed by atoms with Crippen LogP contribution in [0.4, 0.5) is 17.6 Å². The summed E-state index contributed by atoms with van der Waals surface area (Å²) in [6.45, 7) is -3.08. The van der Waals surface area contributed by atoms with Crippen LogP contribution in [0, 0.1) is 5.82 Å². The number of hydrogen-bond donors (Lipinski definition) is 0. The van der Waals surface area contributed by atoms with Crippen molar-refractivity contribution in [3.8, 4) is 0 Å². The Hall–Kier alpha value is -4.88. The minimum absolute atomic E-state index is 0.139. The number of benzene rings is 7. The second kappa shape index (κ2) is 13.4. The van der Waals surface area contributed by atoms with Crippen LogP contribution in [0.15, 0.2) is 200 Å². The number of alkyl halides is 3. The van der Waals surface area contributed by atoms with E-state index in [1.807, 2.05) is 72.8 Å². The average molecular weight is 702 g/mol. The third-order valence-electron chi connectivity index (χ3n) is 9.85. The van der Waals surface area contributed by atoms with Gasteiger partial charge in [0.15, 0.2) is 0 Å². The molecule has 0 spiro atoms. The van der Waals surface area contributed by atoms with Crippen LogP contribution < -0.4 is 31.8 Å². The van der Waals surface area contributed by atoms with Gasteiger partial charge in [-0.1, -0.05) is 0 Å². The van der Waals surface area contributed by atoms with Gasteiger partial charge in [-0.2, -0.15) is 0 Å². The monoisotopic (exact) mass is 701 g/mol. The summed E-state index contributed by atoms with van der Waals surface area (Å²) in [5.41, 5.74) is -0.771. The second-order valence-electron chi connectivity index (χ2n) is 12.4. The minimum atomic E-state index is -4.68. The first-order valence-electron chi connectivity index (χ1n) is 16.4. The van der Waals surface area contributed by atoms with E-state index in [2.05, 4.69) is 109 Å². The van der Waals surface area contributed by atoms with E-state index >= 15 is 4.39 Å². The molecule has 7 aromatic rings. The molecule has 7 rings (SSSR count). The van der Waals surface area contributed by atoms with Crippen LogP contribution >= 0.6 is 13.2 Å². The predicted molar refractivity (Wildman–Crippen MR) is 205 cm³/mol. The molecule has 0 unspecified atom stereocenters. The Bertz CT molecular complexity index is 1980. The van der Waals surface area contributed by atoms with Crippen molar-refractivity contribution in [2.75, 3.05) is 0 Å². The van der Waals surface area contributed by atoms with Gasteiger partial charge in [0, 0.05) is 0 Å². The Morgan fingerprint density at radius 2 is 0.740 bits per heavy atom. The summed E-state index contributed by atoms with van der Waals surface area (Å²) in [5.74, 6) is -0.871. The molecule has 0 nitrogen and oxygen atoms in total. The van der Waals surface area contributed by atoms with E-state index in [1.54, 1.807) is 0 Å². The van der Waals surface area contributed by atoms with Crippen LogP contribution in [0.25, 0.3) is 0 Å². The van der Waals surface area contributed by atoms with Crippen molar-refractivity contribution in [1.29, 1.82) is 0 Å². The fourth-order valence-electron chi connectivity index (χ4n) is 7.92. The van der Waals surface area contributed by atoms with Gasteiger partial charge in [-0.05, 0) is 0 Å². The maximum atomic E-state index is 16.8. The third kappa shape index (κ3) is 5.13. The van der Waals surface area contributed by atoms with Gasteiger partial charge in [0.05, 0.1) is 0 Å². The van der Waals surface area contributed by atoms with Crippen LogP contribution in [0.1, 0.15) is 11.1 Å². The molecule has 0 atom stereocenters. The molecule has 0 amide bonds. The first-order valence-corrected chi connectivity index (χ1v) is 21.3. The van der Waals surface area contributed by atoms with Gasteiger partial charge < -0.3 is 0 Å². The topological polar surface area (TPSA) is 0 Å². The van der Waals surface area contributed by atoms with Crippen molar-refractivity contribution in [2.45, 2.75) is 12.3 Å². The Balaban J connectivity index is 1.84. The van der Waals surface area contributed by atoms with Crippen LogP contribution in [0.5, 0.6) is 0 Å². The van der Waals surface area contributed by atoms with Crippen molar-refractivity contribution < 1.29 is 17.6 Å². The van der Waals surface area contributed by atoms with Crippen LogP contribution in [-0.4, -0.2) is 0 Å². The van der Waals surface area contributed by atoms with E-state index in [0.29, 0.717) is 6.07 Å². The molecule has 0 saturated heterocycles. The maximum absolute atomic E-state index is 16.8. The van der Waals surface area contributed by atoms with E-state index in [4.69, 9.17) is 0 Å². The molecule has 248 valence electrons. The van der Waals surface area contributed by atoms with Gasteiger partial charge >= 0.3 is 292 Å². The van der Waals surface area contributed by atoms with Gasteiger partial charge in [0.1, 0.15) is 0 Å². The van der Waals surface area contributed by atoms with Gasteiger partial charge in [-0.3, -0.25) is 0 Å². The van der Waals surface area contributed by atoms with Crippen molar-refractivity contribution in [3.63, 3.8) is 0 Å². The van der Waals surface area contributed by atoms with E-state index in [9.17, 15) is 13.2 Å². The molecule has 7 aromatic carbocycles. The summed E-state index contributed by atoms with van der Waals surface area (Å²) < 4.78 is 58.8. The summed E-state index contributed by atoms with van der Waals surface area (Å²) in [6, 6.07) is 65.6. The second-order valence-corrected chi connectivity index (χ2v) is 24.0. The molecular weight excluding hydrogens is 666 g/mol. The normalized spacial score (nSPS) is 12.9. The zero-order valence-electron chi connectivity index (χ0n) is 27.2. The fourth-order valence-corrected chi connectivity index (χ4v) is 29.4. The first-order chi connectivity index (χ1) is 24.3. The standard InChI is InChI=1S/C44H35F4P2/c45-43-33-36(44(46,47)48)32-31-35(43)34-50(40-25-13-4-14-26-40,41-27-15-5-16-28-41,42-29-17-6-18-30-42)49(37-19-7-1-8-20-37,38-21-9-2-10-22-38)39-23-11-3-12-24-39/h1-33H,34H2/q+1. The zero-order valence-corrected chi connectivity index (χ0v) is 29.0. The SMILES string of the molecule is Fc1cc(C(F)(F)F)ccc1CP(c1ccccc1)(c1ccccc1)(c1ccccc1)[P+](c1ccccc1)(c1ccccc1)c1ccccc1.